The number of benzene rings is 1. The van der Waals surface area contributed by atoms with Crippen molar-refractivity contribution in [2.24, 2.45) is 0 Å². The third kappa shape index (κ3) is 5.21. The van der Waals surface area contributed by atoms with Gasteiger partial charge in [-0.15, -0.1) is 0 Å². The van der Waals surface area contributed by atoms with E-state index in [2.05, 4.69) is 0 Å². The zero-order valence-electron chi connectivity index (χ0n) is 14.8. The smallest absolute Gasteiger partial charge is 0.342 e. The molecule has 0 bridgehead atoms. The van der Waals surface area contributed by atoms with Gasteiger partial charge in [0.15, 0.2) is 5.83 Å². The van der Waals surface area contributed by atoms with Crippen LogP contribution in [0.1, 0.15) is 29.3 Å². The minimum Gasteiger partial charge on any atom is -0.507 e. The van der Waals surface area contributed by atoms with Crippen LogP contribution in [0.2, 0.25) is 0 Å². The number of ether oxygens (including phenoxy) is 2. The average molecular weight is 400 g/mol. The number of carbonyl (C=O) groups excluding carboxylic acids is 2. The number of carbonyl (C=O) groups is 2. The molecule has 0 amide bonds. The van der Waals surface area contributed by atoms with Gasteiger partial charge in [0.25, 0.3) is 0 Å². The first kappa shape index (κ1) is 21.2. The van der Waals surface area contributed by atoms with Gasteiger partial charge in [-0.3, -0.25) is 4.79 Å². The van der Waals surface area contributed by atoms with Crippen LogP contribution < -0.4 is 4.74 Å². The molecule has 0 unspecified atom stereocenters. The van der Waals surface area contributed by atoms with Crippen molar-refractivity contribution >= 4 is 23.5 Å². The highest BCUT2D eigenvalue weighted by atomic mass is 32.2. The number of esters is 1. The molecule has 1 aromatic rings. The lowest BCUT2D eigenvalue weighted by atomic mass is 10.1. The van der Waals surface area contributed by atoms with Crippen LogP contribution in [0.25, 0.3) is 0 Å². The van der Waals surface area contributed by atoms with Gasteiger partial charge in [-0.1, -0.05) is 0 Å². The number of ketones is 1. The first-order valence-corrected chi connectivity index (χ1v) is 9.34. The van der Waals surface area contributed by atoms with Crippen molar-refractivity contribution in [3.05, 3.63) is 35.2 Å². The Morgan fingerprint density at radius 2 is 2.00 bits per heavy atom. The van der Waals surface area contributed by atoms with Gasteiger partial charge in [-0.05, 0) is 24.6 Å². The molecule has 0 fully saturated rings. The van der Waals surface area contributed by atoms with Crippen molar-refractivity contribution in [2.45, 2.75) is 37.4 Å². The summed E-state index contributed by atoms with van der Waals surface area (Å²) in [5, 5.41) is 30.0. The molecule has 7 nitrogen and oxygen atoms in total. The molecule has 1 aliphatic heterocycles. The van der Waals surface area contributed by atoms with E-state index in [1.165, 1.54) is 20.1 Å². The van der Waals surface area contributed by atoms with Crippen LogP contribution in [0.4, 0.5) is 4.39 Å². The number of cyclic esters (lactones) is 1. The number of fused-ring (bicyclic) bond motifs is 1. The Morgan fingerprint density at radius 1 is 1.30 bits per heavy atom. The monoisotopic (exact) mass is 400 g/mol. The zero-order chi connectivity index (χ0) is 20.1. The van der Waals surface area contributed by atoms with Crippen molar-refractivity contribution in [2.75, 3.05) is 12.9 Å². The van der Waals surface area contributed by atoms with E-state index in [1.54, 1.807) is 6.07 Å². The molecule has 1 heterocycles. The molecule has 148 valence electrons. The Hall–Kier alpha value is -2.10. The number of Topliss-reactive ketones (excluding diaryl/α,β-unsaturated/α-hetero) is 1. The molecule has 1 aliphatic rings. The molecule has 2 rings (SSSR count). The Morgan fingerprint density at radius 3 is 2.67 bits per heavy atom. The molecule has 0 saturated heterocycles. The summed E-state index contributed by atoms with van der Waals surface area (Å²) in [6.07, 6.45) is -3.40. The summed E-state index contributed by atoms with van der Waals surface area (Å²) in [6, 6.07) is 2.82. The summed E-state index contributed by atoms with van der Waals surface area (Å²) in [6.45, 7) is 1.50. The van der Waals surface area contributed by atoms with Gasteiger partial charge < -0.3 is 24.8 Å². The molecule has 0 aliphatic carbocycles. The van der Waals surface area contributed by atoms with Crippen LogP contribution in [0, 0.1) is 0 Å². The third-order valence-corrected chi connectivity index (χ3v) is 5.06. The van der Waals surface area contributed by atoms with Gasteiger partial charge in [0.05, 0.1) is 13.2 Å². The lowest BCUT2D eigenvalue weighted by molar-refractivity contribution is -0.129. The van der Waals surface area contributed by atoms with Gasteiger partial charge in [0.2, 0.25) is 5.78 Å². The summed E-state index contributed by atoms with van der Waals surface area (Å²) >= 11 is 1.09. The van der Waals surface area contributed by atoms with E-state index in [1.807, 2.05) is 0 Å². The molecular weight excluding hydrogens is 379 g/mol. The third-order valence-electron chi connectivity index (χ3n) is 3.96. The van der Waals surface area contributed by atoms with E-state index < -0.39 is 35.9 Å². The fourth-order valence-electron chi connectivity index (χ4n) is 2.48. The predicted octanol–water partition coefficient (Wildman–Crippen LogP) is 1.73. The standard InChI is InChI=1S/C18H21FO7S/c1-9-3-4-12(19)16(22)17(23)14(21)8-27-7-10-5-11(25-2)6-13(20)15(10)18(24)26-9/h4-6,9,14,17,20-21,23H,3,7-8H2,1-2H3/b12-4+/t9-,14-,17-/m0/s1. The second-order valence-corrected chi connectivity index (χ2v) is 7.11. The van der Waals surface area contributed by atoms with Crippen LogP contribution in [0.5, 0.6) is 11.5 Å². The summed E-state index contributed by atoms with van der Waals surface area (Å²) in [7, 11) is 1.41. The Labute approximate surface area is 159 Å². The van der Waals surface area contributed by atoms with Crippen molar-refractivity contribution in [1.82, 2.24) is 0 Å². The van der Waals surface area contributed by atoms with Crippen molar-refractivity contribution < 1.29 is 38.8 Å². The number of hydrogen-bond acceptors (Lipinski definition) is 8. The normalized spacial score (nSPS) is 27.0. The maximum absolute atomic E-state index is 13.9. The number of phenolic OH excluding ortho intramolecular Hbond substituents is 1. The molecule has 0 saturated carbocycles. The Bertz CT molecular complexity index is 749. The first-order valence-electron chi connectivity index (χ1n) is 8.19. The maximum atomic E-state index is 13.9. The number of aliphatic hydroxyl groups excluding tert-OH is 2. The largest absolute Gasteiger partial charge is 0.507 e. The highest BCUT2D eigenvalue weighted by Gasteiger charge is 2.28. The SMILES string of the molecule is COc1cc(O)c2c(c1)CSC[C@H](O)[C@H](O)C(=O)/C(F)=C\C[C@H](C)OC2=O. The van der Waals surface area contributed by atoms with Gasteiger partial charge in [0, 0.05) is 24.0 Å². The Kier molecular flexibility index (Phi) is 7.23. The lowest BCUT2D eigenvalue weighted by Crippen LogP contribution is -2.36. The molecular formula is C18H21FO7S. The number of rotatable bonds is 1. The van der Waals surface area contributed by atoms with Crippen molar-refractivity contribution in [1.29, 1.82) is 0 Å². The van der Waals surface area contributed by atoms with E-state index in [9.17, 15) is 29.3 Å². The van der Waals surface area contributed by atoms with Crippen LogP contribution in [0.15, 0.2) is 24.0 Å². The molecule has 1 aromatic carbocycles. The van der Waals surface area contributed by atoms with Crippen LogP contribution in [-0.4, -0.2) is 58.2 Å². The molecule has 3 atom stereocenters. The molecule has 0 aromatic heterocycles. The second kappa shape index (κ2) is 9.20. The summed E-state index contributed by atoms with van der Waals surface area (Å²) in [5.41, 5.74) is 0.351. The summed E-state index contributed by atoms with van der Waals surface area (Å²) in [5.74, 6) is -3.17. The van der Waals surface area contributed by atoms with Crippen molar-refractivity contribution in [3.8, 4) is 11.5 Å². The minimum absolute atomic E-state index is 0.0530. The predicted molar refractivity (Wildman–Crippen MR) is 96.5 cm³/mol. The molecule has 9 heteroatoms. The molecule has 0 radical (unpaired) electrons. The van der Waals surface area contributed by atoms with E-state index >= 15 is 0 Å². The lowest BCUT2D eigenvalue weighted by Gasteiger charge is -2.19. The number of aromatic hydroxyl groups is 1. The number of hydrogen-bond donors (Lipinski definition) is 3. The highest BCUT2D eigenvalue weighted by molar-refractivity contribution is 7.98. The van der Waals surface area contributed by atoms with Gasteiger partial charge in [-0.25, -0.2) is 9.18 Å². The van der Waals surface area contributed by atoms with Gasteiger partial charge >= 0.3 is 5.97 Å². The van der Waals surface area contributed by atoms with Crippen LogP contribution >= 0.6 is 11.8 Å². The van der Waals surface area contributed by atoms with E-state index in [4.69, 9.17) is 9.47 Å². The molecule has 0 spiro atoms. The Balaban J connectivity index is 2.40. The molecule has 27 heavy (non-hydrogen) atoms. The van der Waals surface area contributed by atoms with Crippen LogP contribution in [-0.2, 0) is 15.3 Å². The quantitative estimate of drug-likeness (QED) is 0.611. The van der Waals surface area contributed by atoms with E-state index in [0.717, 1.165) is 17.8 Å². The van der Waals surface area contributed by atoms with Crippen molar-refractivity contribution in [3.63, 3.8) is 0 Å². The number of halogens is 1. The topological polar surface area (TPSA) is 113 Å². The fraction of sp³-hybridized carbons (Fsp3) is 0.444. The average Bonchev–Trinajstić information content (AvgIpc) is 2.63. The number of phenols is 1. The first-order chi connectivity index (χ1) is 12.7. The number of methoxy groups -OCH3 is 1. The molecule has 3 N–H and O–H groups in total. The summed E-state index contributed by atoms with van der Waals surface area (Å²) < 4.78 is 24.2. The van der Waals surface area contributed by atoms with Crippen LogP contribution in [0.3, 0.4) is 0 Å². The van der Waals surface area contributed by atoms with Gasteiger partial charge in [0.1, 0.15) is 29.3 Å². The highest BCUT2D eigenvalue weighted by Crippen LogP contribution is 2.32. The van der Waals surface area contributed by atoms with E-state index in [0.29, 0.717) is 11.3 Å². The maximum Gasteiger partial charge on any atom is 0.342 e. The minimum atomic E-state index is -1.90. The van der Waals surface area contributed by atoms with Gasteiger partial charge in [-0.2, -0.15) is 11.8 Å². The second-order valence-electron chi connectivity index (χ2n) is 6.08. The summed E-state index contributed by atoms with van der Waals surface area (Å²) in [4.78, 5) is 24.3. The number of thioether (sulfide) groups is 1. The fourth-order valence-corrected chi connectivity index (χ4v) is 3.47. The zero-order valence-corrected chi connectivity index (χ0v) is 15.7. The number of aliphatic hydroxyl groups is 2. The van der Waals surface area contributed by atoms with E-state index in [-0.39, 0.29) is 29.2 Å².